The fourth-order valence-electron chi connectivity index (χ4n) is 3.42. The molecule has 0 radical (unpaired) electrons. The van der Waals surface area contributed by atoms with Crippen LogP contribution in [0.3, 0.4) is 0 Å². The third kappa shape index (κ3) is 1.86. The Labute approximate surface area is 102 Å². The first-order valence-corrected chi connectivity index (χ1v) is 6.46. The normalized spacial score (nSPS) is 27.2. The molecule has 0 saturated heterocycles. The fraction of sp³-hybridized carbons (Fsp3) is 0.533. The van der Waals surface area contributed by atoms with Gasteiger partial charge in [0.15, 0.2) is 0 Å². The number of fused-ring (bicyclic) bond motifs is 3. The molecule has 3 rings (SSSR count). The smallest absolute Gasteiger partial charge is 0.133 e. The Bertz CT molecular complexity index is 450. The van der Waals surface area contributed by atoms with Crippen molar-refractivity contribution in [1.29, 1.82) is 0 Å². The number of ether oxygens (including phenoxy) is 1. The average Bonchev–Trinajstić information content (AvgIpc) is 2.37. The summed E-state index contributed by atoms with van der Waals surface area (Å²) in [5.41, 5.74) is 2.90. The molecule has 0 amide bonds. The lowest BCUT2D eigenvalue weighted by Gasteiger charge is -2.36. The van der Waals surface area contributed by atoms with Crippen molar-refractivity contribution in [3.63, 3.8) is 0 Å². The first-order valence-electron chi connectivity index (χ1n) is 6.46. The fourth-order valence-corrected chi connectivity index (χ4v) is 3.42. The predicted octanol–water partition coefficient (Wildman–Crippen LogP) is 3.09. The van der Waals surface area contributed by atoms with Crippen molar-refractivity contribution in [1.82, 2.24) is 0 Å². The van der Waals surface area contributed by atoms with Gasteiger partial charge >= 0.3 is 0 Å². The molecule has 1 fully saturated rings. The van der Waals surface area contributed by atoms with E-state index in [1.807, 2.05) is 6.07 Å². The highest BCUT2D eigenvalue weighted by atomic mass is 16.5. The zero-order valence-electron chi connectivity index (χ0n) is 10.2. The number of Topliss-reactive ketones (excluding diaryl/α,β-unsaturated/α-hetero) is 1. The van der Waals surface area contributed by atoms with Gasteiger partial charge in [0, 0.05) is 12.8 Å². The van der Waals surface area contributed by atoms with E-state index in [4.69, 9.17) is 4.74 Å². The minimum absolute atomic E-state index is 0.456. The quantitative estimate of drug-likeness (QED) is 0.741. The predicted molar refractivity (Wildman–Crippen MR) is 66.4 cm³/mol. The van der Waals surface area contributed by atoms with Gasteiger partial charge in [0.25, 0.3) is 0 Å². The maximum absolute atomic E-state index is 11.5. The highest BCUT2D eigenvalue weighted by molar-refractivity contribution is 5.80. The molecule has 1 saturated carbocycles. The molecule has 2 atom stereocenters. The Kier molecular flexibility index (Phi) is 2.65. The van der Waals surface area contributed by atoms with E-state index in [2.05, 4.69) is 12.1 Å². The van der Waals surface area contributed by atoms with Crippen LogP contribution in [0, 0.1) is 5.92 Å². The number of ketones is 1. The molecule has 0 spiro atoms. The highest BCUT2D eigenvalue weighted by Gasteiger charge is 2.34. The van der Waals surface area contributed by atoms with Gasteiger partial charge in [-0.25, -0.2) is 0 Å². The number of hydrogen-bond donors (Lipinski definition) is 0. The van der Waals surface area contributed by atoms with Crippen LogP contribution in [0.4, 0.5) is 0 Å². The third-order valence-corrected chi connectivity index (χ3v) is 4.33. The van der Waals surface area contributed by atoms with Crippen LogP contribution in [0.15, 0.2) is 18.2 Å². The van der Waals surface area contributed by atoms with Crippen LogP contribution >= 0.6 is 0 Å². The number of methoxy groups -OCH3 is 1. The summed E-state index contributed by atoms with van der Waals surface area (Å²) >= 11 is 0. The van der Waals surface area contributed by atoms with Crippen LogP contribution in [0.2, 0.25) is 0 Å². The third-order valence-electron chi connectivity index (χ3n) is 4.33. The number of hydrogen-bond acceptors (Lipinski definition) is 2. The molecule has 2 heteroatoms. The van der Waals surface area contributed by atoms with E-state index in [1.54, 1.807) is 7.11 Å². The number of rotatable bonds is 1. The number of aryl methyl sites for hydroxylation is 1. The van der Waals surface area contributed by atoms with Crippen LogP contribution in [0.5, 0.6) is 5.75 Å². The molecule has 17 heavy (non-hydrogen) atoms. The van der Waals surface area contributed by atoms with Crippen molar-refractivity contribution in [2.75, 3.05) is 7.11 Å². The minimum atomic E-state index is 0.456. The molecule has 0 bridgehead atoms. The molecule has 0 heterocycles. The molecule has 2 aliphatic carbocycles. The van der Waals surface area contributed by atoms with Gasteiger partial charge in [-0.1, -0.05) is 6.07 Å². The second-order valence-electron chi connectivity index (χ2n) is 5.25. The van der Waals surface area contributed by atoms with Crippen molar-refractivity contribution < 1.29 is 9.53 Å². The highest BCUT2D eigenvalue weighted by Crippen LogP contribution is 2.44. The SMILES string of the molecule is COc1ccc2c(c1)C1CCC(=O)C[C@H]1CC2. The minimum Gasteiger partial charge on any atom is -0.497 e. The maximum Gasteiger partial charge on any atom is 0.133 e. The molecule has 0 aliphatic heterocycles. The van der Waals surface area contributed by atoms with Gasteiger partial charge in [-0.05, 0) is 54.4 Å². The molecule has 1 unspecified atom stereocenters. The van der Waals surface area contributed by atoms with E-state index in [0.29, 0.717) is 17.6 Å². The van der Waals surface area contributed by atoms with Gasteiger partial charge < -0.3 is 4.74 Å². The number of carbonyl (C=O) groups is 1. The van der Waals surface area contributed by atoms with Crippen LogP contribution in [-0.4, -0.2) is 12.9 Å². The van der Waals surface area contributed by atoms with Crippen molar-refractivity contribution in [3.05, 3.63) is 29.3 Å². The summed E-state index contributed by atoms with van der Waals surface area (Å²) in [4.78, 5) is 11.5. The van der Waals surface area contributed by atoms with E-state index in [1.165, 1.54) is 17.5 Å². The van der Waals surface area contributed by atoms with Crippen LogP contribution in [0.1, 0.15) is 42.7 Å². The molecule has 2 nitrogen and oxygen atoms in total. The summed E-state index contributed by atoms with van der Waals surface area (Å²) in [5, 5.41) is 0. The lowest BCUT2D eigenvalue weighted by molar-refractivity contribution is -0.122. The summed E-state index contributed by atoms with van der Waals surface area (Å²) in [6.07, 6.45) is 4.88. The van der Waals surface area contributed by atoms with E-state index in [-0.39, 0.29) is 0 Å². The van der Waals surface area contributed by atoms with Crippen LogP contribution in [0.25, 0.3) is 0 Å². The Morgan fingerprint density at radius 1 is 1.24 bits per heavy atom. The molecular formula is C15H18O2. The second-order valence-corrected chi connectivity index (χ2v) is 5.25. The molecule has 0 N–H and O–H groups in total. The van der Waals surface area contributed by atoms with E-state index < -0.39 is 0 Å². The molecule has 0 aromatic heterocycles. The first kappa shape index (κ1) is 10.8. The molecule has 1 aromatic rings. The van der Waals surface area contributed by atoms with Crippen molar-refractivity contribution in [2.24, 2.45) is 5.92 Å². The average molecular weight is 230 g/mol. The zero-order valence-corrected chi connectivity index (χ0v) is 10.2. The van der Waals surface area contributed by atoms with Gasteiger partial charge in [0.05, 0.1) is 7.11 Å². The van der Waals surface area contributed by atoms with Crippen LogP contribution in [-0.2, 0) is 11.2 Å². The summed E-state index contributed by atoms with van der Waals surface area (Å²) in [6.45, 7) is 0. The summed E-state index contributed by atoms with van der Waals surface area (Å²) in [7, 11) is 1.71. The van der Waals surface area contributed by atoms with Gasteiger partial charge in [0.2, 0.25) is 0 Å². The molecule has 1 aromatic carbocycles. The first-order chi connectivity index (χ1) is 8.28. The van der Waals surface area contributed by atoms with Crippen molar-refractivity contribution in [2.45, 2.75) is 38.0 Å². The van der Waals surface area contributed by atoms with Gasteiger partial charge in [-0.3, -0.25) is 4.79 Å². The maximum atomic E-state index is 11.5. The van der Waals surface area contributed by atoms with Crippen LogP contribution < -0.4 is 4.74 Å². The Hall–Kier alpha value is -1.31. The number of benzene rings is 1. The second kappa shape index (κ2) is 4.17. The van der Waals surface area contributed by atoms with E-state index in [9.17, 15) is 4.79 Å². The topological polar surface area (TPSA) is 26.3 Å². The lowest BCUT2D eigenvalue weighted by Crippen LogP contribution is -2.28. The molecule has 90 valence electrons. The zero-order chi connectivity index (χ0) is 11.8. The van der Waals surface area contributed by atoms with Crippen molar-refractivity contribution >= 4 is 5.78 Å². The monoisotopic (exact) mass is 230 g/mol. The largest absolute Gasteiger partial charge is 0.497 e. The van der Waals surface area contributed by atoms with E-state index >= 15 is 0 Å². The van der Waals surface area contributed by atoms with Gasteiger partial charge in [0.1, 0.15) is 11.5 Å². The number of carbonyl (C=O) groups excluding carboxylic acids is 1. The standard InChI is InChI=1S/C15H18O2/c1-17-13-6-4-10-2-3-11-8-12(16)5-7-14(11)15(10)9-13/h4,6,9,11,14H,2-3,5,7-8H2,1H3/t11-,14?/m1/s1. The summed E-state index contributed by atoms with van der Waals surface area (Å²) < 4.78 is 5.31. The Morgan fingerprint density at radius 3 is 2.94 bits per heavy atom. The summed E-state index contributed by atoms with van der Waals surface area (Å²) in [5.74, 6) is 2.57. The molecular weight excluding hydrogens is 212 g/mol. The van der Waals surface area contributed by atoms with Gasteiger partial charge in [-0.2, -0.15) is 0 Å². The summed E-state index contributed by atoms with van der Waals surface area (Å²) in [6, 6.07) is 6.43. The van der Waals surface area contributed by atoms with E-state index in [0.717, 1.165) is 31.4 Å². The lowest BCUT2D eigenvalue weighted by atomic mass is 9.68. The van der Waals surface area contributed by atoms with Gasteiger partial charge in [-0.15, -0.1) is 0 Å². The van der Waals surface area contributed by atoms with Crippen molar-refractivity contribution in [3.8, 4) is 5.75 Å². The Morgan fingerprint density at radius 2 is 2.12 bits per heavy atom. The molecule has 2 aliphatic rings. The Balaban J connectivity index is 1.97.